The van der Waals surface area contributed by atoms with Crippen LogP contribution in [0.15, 0.2) is 29.0 Å². The maximum absolute atomic E-state index is 13.1. The van der Waals surface area contributed by atoms with E-state index in [0.29, 0.717) is 5.56 Å². The zero-order chi connectivity index (χ0) is 14.0. The number of halogens is 2. The molecule has 0 spiro atoms. The Bertz CT molecular complexity index is 629. The van der Waals surface area contributed by atoms with Crippen LogP contribution < -0.4 is 5.32 Å². The van der Waals surface area contributed by atoms with Crippen LogP contribution in [0, 0.1) is 15.9 Å². The van der Waals surface area contributed by atoms with Crippen LogP contribution in [0.5, 0.6) is 0 Å². The molecular weight excluding hydrogens is 319 g/mol. The molecular formula is C11H10BrFN4O2. The van der Waals surface area contributed by atoms with Gasteiger partial charge in [0.2, 0.25) is 12.1 Å². The Kier molecular flexibility index (Phi) is 3.79. The second kappa shape index (κ2) is 5.35. The lowest BCUT2D eigenvalue weighted by atomic mass is 10.2. The van der Waals surface area contributed by atoms with E-state index in [4.69, 9.17) is 0 Å². The van der Waals surface area contributed by atoms with Gasteiger partial charge in [0.15, 0.2) is 0 Å². The third kappa shape index (κ3) is 2.90. The number of nitrogens with zero attached hydrogens (tertiary/aromatic N) is 3. The average molecular weight is 329 g/mol. The van der Waals surface area contributed by atoms with Crippen molar-refractivity contribution in [3.8, 4) is 0 Å². The van der Waals surface area contributed by atoms with E-state index in [9.17, 15) is 14.5 Å². The lowest BCUT2D eigenvalue weighted by Crippen LogP contribution is -2.06. The first kappa shape index (κ1) is 13.5. The van der Waals surface area contributed by atoms with Gasteiger partial charge in [0, 0.05) is 18.1 Å². The normalized spacial score (nSPS) is 10.5. The fourth-order valence-electron chi connectivity index (χ4n) is 1.61. The smallest absolute Gasteiger partial charge is 0.360 e. The molecule has 2 rings (SSSR count). The molecule has 0 aliphatic carbocycles. The van der Waals surface area contributed by atoms with Crippen molar-refractivity contribution in [2.24, 2.45) is 7.05 Å². The van der Waals surface area contributed by atoms with Crippen LogP contribution >= 0.6 is 15.9 Å². The summed E-state index contributed by atoms with van der Waals surface area (Å²) in [6.45, 7) is 0.249. The van der Waals surface area contributed by atoms with Crippen molar-refractivity contribution >= 4 is 27.6 Å². The molecule has 0 saturated heterocycles. The molecule has 0 atom stereocenters. The van der Waals surface area contributed by atoms with E-state index in [1.54, 1.807) is 13.1 Å². The van der Waals surface area contributed by atoms with Crippen molar-refractivity contribution in [3.05, 3.63) is 50.5 Å². The Morgan fingerprint density at radius 2 is 2.32 bits per heavy atom. The van der Waals surface area contributed by atoms with Crippen LogP contribution in [0.1, 0.15) is 5.56 Å². The summed E-state index contributed by atoms with van der Waals surface area (Å²) in [5.74, 6) is -0.337. The van der Waals surface area contributed by atoms with E-state index in [1.165, 1.54) is 23.0 Å². The van der Waals surface area contributed by atoms with E-state index in [-0.39, 0.29) is 24.0 Å². The maximum Gasteiger partial charge on any atom is 0.406 e. The standard InChI is InChI=1S/C11H10BrFN4O2/c1-16-6-15-11(17(18)19)10(16)14-5-7-4-8(13)2-3-9(7)12/h2-4,6,14H,5H2,1H3. The molecule has 100 valence electrons. The molecule has 0 amide bonds. The molecule has 1 heterocycles. The fraction of sp³-hybridized carbons (Fsp3) is 0.182. The highest BCUT2D eigenvalue weighted by Crippen LogP contribution is 2.24. The van der Waals surface area contributed by atoms with Crippen molar-refractivity contribution < 1.29 is 9.31 Å². The van der Waals surface area contributed by atoms with Crippen LogP contribution in [-0.2, 0) is 13.6 Å². The molecule has 0 aliphatic heterocycles. The SMILES string of the molecule is Cn1cnc([N+](=O)[O-])c1NCc1cc(F)ccc1Br. The molecule has 6 nitrogen and oxygen atoms in total. The van der Waals surface area contributed by atoms with E-state index < -0.39 is 4.92 Å². The van der Waals surface area contributed by atoms with Crippen molar-refractivity contribution in [1.29, 1.82) is 0 Å². The predicted octanol–water partition coefficient (Wildman–Crippen LogP) is 2.84. The number of benzene rings is 1. The number of imidazole rings is 1. The number of rotatable bonds is 4. The lowest BCUT2D eigenvalue weighted by molar-refractivity contribution is -0.388. The Labute approximate surface area is 116 Å². The molecule has 0 bridgehead atoms. The van der Waals surface area contributed by atoms with Gasteiger partial charge in [-0.15, -0.1) is 0 Å². The summed E-state index contributed by atoms with van der Waals surface area (Å²) in [5, 5.41) is 13.7. The Morgan fingerprint density at radius 3 is 3.00 bits per heavy atom. The summed E-state index contributed by atoms with van der Waals surface area (Å²) in [5.41, 5.74) is 0.662. The van der Waals surface area contributed by atoms with Crippen molar-refractivity contribution in [1.82, 2.24) is 9.55 Å². The zero-order valence-corrected chi connectivity index (χ0v) is 11.5. The molecule has 2 aromatic rings. The highest BCUT2D eigenvalue weighted by molar-refractivity contribution is 9.10. The van der Waals surface area contributed by atoms with Gasteiger partial charge in [-0.05, 0) is 33.7 Å². The molecule has 1 aromatic carbocycles. The highest BCUT2D eigenvalue weighted by atomic mass is 79.9. The van der Waals surface area contributed by atoms with Gasteiger partial charge in [0.1, 0.15) is 5.82 Å². The van der Waals surface area contributed by atoms with Crippen LogP contribution in [0.3, 0.4) is 0 Å². The number of aromatic nitrogens is 2. The predicted molar refractivity (Wildman–Crippen MR) is 71.3 cm³/mol. The molecule has 0 aliphatic rings. The summed E-state index contributed by atoms with van der Waals surface area (Å²) in [4.78, 5) is 13.9. The molecule has 1 aromatic heterocycles. The van der Waals surface area contributed by atoms with Gasteiger partial charge < -0.3 is 15.4 Å². The minimum atomic E-state index is -0.567. The fourth-order valence-corrected chi connectivity index (χ4v) is 2.00. The van der Waals surface area contributed by atoms with E-state index in [0.717, 1.165) is 4.47 Å². The second-order valence-corrected chi connectivity index (χ2v) is 4.73. The number of nitrogens with one attached hydrogen (secondary N) is 1. The molecule has 0 saturated carbocycles. The summed E-state index contributed by atoms with van der Waals surface area (Å²) in [6.07, 6.45) is 1.35. The van der Waals surface area contributed by atoms with Gasteiger partial charge >= 0.3 is 5.82 Å². The average Bonchev–Trinajstić information content (AvgIpc) is 2.72. The third-order valence-electron chi connectivity index (χ3n) is 2.54. The number of nitro groups is 1. The largest absolute Gasteiger partial charge is 0.406 e. The number of hydrogen-bond acceptors (Lipinski definition) is 4. The van der Waals surface area contributed by atoms with Gasteiger partial charge in [-0.25, -0.2) is 4.39 Å². The Balaban J connectivity index is 2.21. The summed E-state index contributed by atoms with van der Waals surface area (Å²) >= 11 is 3.30. The van der Waals surface area contributed by atoms with Crippen LogP contribution in [-0.4, -0.2) is 14.5 Å². The molecule has 0 unspecified atom stereocenters. The minimum Gasteiger partial charge on any atom is -0.360 e. The first-order valence-electron chi connectivity index (χ1n) is 5.32. The van der Waals surface area contributed by atoms with Gasteiger partial charge in [-0.2, -0.15) is 0 Å². The van der Waals surface area contributed by atoms with Crippen LogP contribution in [0.25, 0.3) is 0 Å². The molecule has 8 heteroatoms. The number of hydrogen-bond donors (Lipinski definition) is 1. The second-order valence-electron chi connectivity index (χ2n) is 3.87. The molecule has 0 radical (unpaired) electrons. The monoisotopic (exact) mass is 328 g/mol. The first-order chi connectivity index (χ1) is 8.99. The summed E-state index contributed by atoms with van der Waals surface area (Å²) in [6, 6.07) is 4.28. The zero-order valence-electron chi connectivity index (χ0n) is 9.93. The minimum absolute atomic E-state index is 0.249. The maximum atomic E-state index is 13.1. The topological polar surface area (TPSA) is 73.0 Å². The lowest BCUT2D eigenvalue weighted by Gasteiger charge is -2.08. The number of anilines is 1. The molecule has 1 N–H and O–H groups in total. The summed E-state index contributed by atoms with van der Waals surface area (Å²) < 4.78 is 15.4. The number of aryl methyl sites for hydroxylation is 1. The van der Waals surface area contributed by atoms with Gasteiger partial charge in [-0.3, -0.25) is 4.57 Å². The van der Waals surface area contributed by atoms with E-state index in [2.05, 4.69) is 26.2 Å². The third-order valence-corrected chi connectivity index (χ3v) is 3.32. The van der Waals surface area contributed by atoms with Crippen molar-refractivity contribution in [3.63, 3.8) is 0 Å². The van der Waals surface area contributed by atoms with Crippen molar-refractivity contribution in [2.45, 2.75) is 6.54 Å². The van der Waals surface area contributed by atoms with Crippen molar-refractivity contribution in [2.75, 3.05) is 5.32 Å². The quantitative estimate of drug-likeness (QED) is 0.691. The van der Waals surface area contributed by atoms with E-state index in [1.807, 2.05) is 0 Å². The Morgan fingerprint density at radius 1 is 1.58 bits per heavy atom. The Hall–Kier alpha value is -1.96. The first-order valence-corrected chi connectivity index (χ1v) is 6.12. The molecule has 0 fully saturated rings. The van der Waals surface area contributed by atoms with Crippen LogP contribution in [0.4, 0.5) is 16.0 Å². The highest BCUT2D eigenvalue weighted by Gasteiger charge is 2.19. The van der Waals surface area contributed by atoms with Gasteiger partial charge in [0.05, 0.1) is 0 Å². The van der Waals surface area contributed by atoms with Gasteiger partial charge in [-0.1, -0.05) is 15.9 Å². The van der Waals surface area contributed by atoms with Crippen LogP contribution in [0.2, 0.25) is 0 Å². The van der Waals surface area contributed by atoms with E-state index >= 15 is 0 Å². The molecule has 19 heavy (non-hydrogen) atoms. The summed E-state index contributed by atoms with van der Waals surface area (Å²) in [7, 11) is 1.64. The van der Waals surface area contributed by atoms with Gasteiger partial charge in [0.25, 0.3) is 0 Å².